The van der Waals surface area contributed by atoms with Crippen LogP contribution >= 0.6 is 11.8 Å². The van der Waals surface area contributed by atoms with E-state index in [1.165, 1.54) is 18.9 Å². The number of ether oxygens (including phenoxy) is 2. The Hall–Kier alpha value is -3.32. The molecule has 0 aliphatic carbocycles. The van der Waals surface area contributed by atoms with Crippen molar-refractivity contribution in [1.29, 1.82) is 0 Å². The zero-order chi connectivity index (χ0) is 21.5. The third-order valence-corrected chi connectivity index (χ3v) is 5.27. The largest absolute Gasteiger partial charge is 0.490 e. The summed E-state index contributed by atoms with van der Waals surface area (Å²) in [5.41, 5.74) is 2.00. The number of thioether (sulfide) groups is 1. The summed E-state index contributed by atoms with van der Waals surface area (Å²) in [5, 5.41) is 0.602. The zero-order valence-electron chi connectivity index (χ0n) is 16.8. The summed E-state index contributed by atoms with van der Waals surface area (Å²) >= 11 is 1.33. The van der Waals surface area contributed by atoms with Gasteiger partial charge in [0, 0.05) is 6.54 Å². The molecule has 0 aromatic heterocycles. The van der Waals surface area contributed by atoms with Gasteiger partial charge in [-0.25, -0.2) is 9.79 Å². The molecule has 154 valence electrons. The number of likely N-dealkylation sites (N-methyl/N-ethyl adjacent to an activating group) is 1. The number of hydrogen-bond donors (Lipinski definition) is 0. The summed E-state index contributed by atoms with van der Waals surface area (Å²) in [4.78, 5) is 31.2. The molecule has 2 aromatic carbocycles. The molecule has 0 bridgehead atoms. The number of carbonyl (C=O) groups is 2. The molecule has 0 unspecified atom stereocenters. The van der Waals surface area contributed by atoms with E-state index in [0.29, 0.717) is 34.5 Å². The highest BCUT2D eigenvalue weighted by atomic mass is 32.2. The Morgan fingerprint density at radius 1 is 1.17 bits per heavy atom. The number of methoxy groups -OCH3 is 1. The Bertz CT molecular complexity index is 995. The van der Waals surface area contributed by atoms with Crippen molar-refractivity contribution in [1.82, 2.24) is 4.90 Å². The lowest BCUT2D eigenvalue weighted by Gasteiger charge is -2.12. The second-order valence-electron chi connectivity index (χ2n) is 6.26. The van der Waals surface area contributed by atoms with Crippen LogP contribution in [0.2, 0.25) is 0 Å². The van der Waals surface area contributed by atoms with Gasteiger partial charge in [-0.3, -0.25) is 9.69 Å². The van der Waals surface area contributed by atoms with Crippen molar-refractivity contribution in [3.63, 3.8) is 0 Å². The molecule has 1 aliphatic rings. The smallest absolute Gasteiger partial charge is 0.337 e. The van der Waals surface area contributed by atoms with Gasteiger partial charge in [0.1, 0.15) is 12.4 Å². The molecule has 3 rings (SSSR count). The van der Waals surface area contributed by atoms with Gasteiger partial charge in [-0.15, -0.1) is 0 Å². The van der Waals surface area contributed by atoms with E-state index in [-0.39, 0.29) is 5.91 Å². The van der Waals surface area contributed by atoms with Gasteiger partial charge in [0.2, 0.25) is 0 Å². The lowest BCUT2D eigenvalue weighted by Crippen LogP contribution is -2.28. The predicted molar refractivity (Wildman–Crippen MR) is 120 cm³/mol. The molecule has 1 amide bonds. The first-order valence-electron chi connectivity index (χ1n) is 9.38. The van der Waals surface area contributed by atoms with Gasteiger partial charge in [-0.05, 0) is 66.7 Å². The van der Waals surface area contributed by atoms with Crippen molar-refractivity contribution in [2.45, 2.75) is 6.92 Å². The van der Waals surface area contributed by atoms with Crippen molar-refractivity contribution in [3.8, 4) is 5.75 Å². The fourth-order valence-corrected chi connectivity index (χ4v) is 3.80. The van der Waals surface area contributed by atoms with Gasteiger partial charge >= 0.3 is 5.97 Å². The molecule has 1 saturated heterocycles. The standard InChI is InChI=1S/C23H22N2O4S/c1-4-14-29-19-12-6-16(7-13-19)15-20-21(26)25(5-2)23(30-20)24-18-10-8-17(9-11-18)22(27)28-3/h4,6-13,15H,1,5,14H2,2-3H3/b20-15+,24-23?. The molecule has 6 nitrogen and oxygen atoms in total. The molecule has 1 aliphatic heterocycles. The second-order valence-corrected chi connectivity index (χ2v) is 7.27. The van der Waals surface area contributed by atoms with Crippen molar-refractivity contribution in [3.05, 3.63) is 77.2 Å². The molecule has 0 atom stereocenters. The van der Waals surface area contributed by atoms with E-state index in [9.17, 15) is 9.59 Å². The fourth-order valence-electron chi connectivity index (χ4n) is 2.74. The Morgan fingerprint density at radius 2 is 1.87 bits per heavy atom. The van der Waals surface area contributed by atoms with Crippen LogP contribution in [0, 0.1) is 0 Å². The second kappa shape index (κ2) is 9.93. The van der Waals surface area contributed by atoms with Crippen LogP contribution in [-0.4, -0.2) is 42.2 Å². The zero-order valence-corrected chi connectivity index (χ0v) is 17.6. The maximum atomic E-state index is 12.8. The molecular formula is C23H22N2O4S. The first-order chi connectivity index (χ1) is 14.5. The van der Waals surface area contributed by atoms with Crippen LogP contribution in [0.15, 0.2) is 71.1 Å². The van der Waals surface area contributed by atoms with Crippen LogP contribution in [0.5, 0.6) is 5.75 Å². The summed E-state index contributed by atoms with van der Waals surface area (Å²) in [5.74, 6) is 0.260. The first kappa shape index (κ1) is 21.4. The first-order valence-corrected chi connectivity index (χ1v) is 10.2. The predicted octanol–water partition coefficient (Wildman–Crippen LogP) is 4.66. The van der Waals surface area contributed by atoms with Gasteiger partial charge in [0.05, 0.1) is 23.3 Å². The molecule has 7 heteroatoms. The van der Waals surface area contributed by atoms with E-state index >= 15 is 0 Å². The fraction of sp³-hybridized carbons (Fsp3) is 0.174. The molecule has 0 saturated carbocycles. The Labute approximate surface area is 179 Å². The van der Waals surface area contributed by atoms with Crippen LogP contribution in [0.3, 0.4) is 0 Å². The van der Waals surface area contributed by atoms with Gasteiger partial charge in [0.25, 0.3) is 5.91 Å². The van der Waals surface area contributed by atoms with Crippen LogP contribution in [0.25, 0.3) is 6.08 Å². The molecule has 30 heavy (non-hydrogen) atoms. The Balaban J connectivity index is 1.80. The monoisotopic (exact) mass is 422 g/mol. The minimum Gasteiger partial charge on any atom is -0.490 e. The van der Waals surface area contributed by atoms with Gasteiger partial charge < -0.3 is 9.47 Å². The SMILES string of the molecule is C=CCOc1ccc(/C=C2/SC(=Nc3ccc(C(=O)OC)cc3)N(CC)C2=O)cc1. The van der Waals surface area contributed by atoms with E-state index in [1.54, 1.807) is 35.2 Å². The Morgan fingerprint density at radius 3 is 2.47 bits per heavy atom. The highest BCUT2D eigenvalue weighted by Gasteiger charge is 2.32. The van der Waals surface area contributed by atoms with E-state index in [0.717, 1.165) is 11.3 Å². The lowest BCUT2D eigenvalue weighted by atomic mass is 10.2. The van der Waals surface area contributed by atoms with Gasteiger partial charge in [0.15, 0.2) is 5.17 Å². The van der Waals surface area contributed by atoms with Crippen molar-refractivity contribution in [2.24, 2.45) is 4.99 Å². The molecule has 0 N–H and O–H groups in total. The number of benzene rings is 2. The highest BCUT2D eigenvalue weighted by Crippen LogP contribution is 2.34. The summed E-state index contributed by atoms with van der Waals surface area (Å²) in [6, 6.07) is 14.3. The number of hydrogen-bond acceptors (Lipinski definition) is 6. The molecule has 2 aromatic rings. The van der Waals surface area contributed by atoms with E-state index in [2.05, 4.69) is 11.6 Å². The number of esters is 1. The number of nitrogens with zero attached hydrogens (tertiary/aromatic N) is 2. The van der Waals surface area contributed by atoms with Gasteiger partial charge in [-0.1, -0.05) is 24.8 Å². The minimum absolute atomic E-state index is 0.0839. The van der Waals surface area contributed by atoms with Gasteiger partial charge in [-0.2, -0.15) is 0 Å². The highest BCUT2D eigenvalue weighted by molar-refractivity contribution is 8.18. The Kier molecular flexibility index (Phi) is 7.08. The quantitative estimate of drug-likeness (QED) is 0.369. The van der Waals surface area contributed by atoms with Crippen LogP contribution in [0.4, 0.5) is 5.69 Å². The molecule has 1 fully saturated rings. The number of amides is 1. The van der Waals surface area contributed by atoms with E-state index < -0.39 is 5.97 Å². The average Bonchev–Trinajstić information content (AvgIpc) is 3.07. The maximum Gasteiger partial charge on any atom is 0.337 e. The third kappa shape index (κ3) is 4.99. The number of amidine groups is 1. The lowest BCUT2D eigenvalue weighted by molar-refractivity contribution is -0.122. The maximum absolute atomic E-state index is 12.8. The summed E-state index contributed by atoms with van der Waals surface area (Å²) in [6.45, 7) is 6.49. The van der Waals surface area contributed by atoms with Crippen molar-refractivity contribution < 1.29 is 19.1 Å². The summed E-state index contributed by atoms with van der Waals surface area (Å²) in [6.07, 6.45) is 3.53. The number of aliphatic imine (C=N–C) groups is 1. The summed E-state index contributed by atoms with van der Waals surface area (Å²) in [7, 11) is 1.34. The minimum atomic E-state index is -0.402. The normalized spacial score (nSPS) is 16.2. The molecular weight excluding hydrogens is 400 g/mol. The van der Waals surface area contributed by atoms with Crippen molar-refractivity contribution in [2.75, 3.05) is 20.3 Å². The van der Waals surface area contributed by atoms with Crippen LogP contribution in [-0.2, 0) is 9.53 Å². The average molecular weight is 423 g/mol. The number of rotatable bonds is 7. The van der Waals surface area contributed by atoms with Crippen molar-refractivity contribution >= 4 is 40.6 Å². The van der Waals surface area contributed by atoms with Crippen LogP contribution < -0.4 is 4.74 Å². The number of carbonyl (C=O) groups excluding carboxylic acids is 2. The topological polar surface area (TPSA) is 68.2 Å². The van der Waals surface area contributed by atoms with Crippen LogP contribution in [0.1, 0.15) is 22.8 Å². The van der Waals surface area contributed by atoms with E-state index in [4.69, 9.17) is 9.47 Å². The molecule has 0 radical (unpaired) electrons. The van der Waals surface area contributed by atoms with E-state index in [1.807, 2.05) is 37.3 Å². The molecule has 0 spiro atoms. The molecule has 1 heterocycles. The summed E-state index contributed by atoms with van der Waals surface area (Å²) < 4.78 is 10.2. The third-order valence-electron chi connectivity index (χ3n) is 4.26.